The minimum atomic E-state index is 0.159. The molecule has 1 aromatic heterocycles. The molecule has 23 heavy (non-hydrogen) atoms. The number of nitrogens with zero attached hydrogens (tertiary/aromatic N) is 2. The first kappa shape index (κ1) is 14.9. The highest BCUT2D eigenvalue weighted by Gasteiger charge is 2.47. The van der Waals surface area contributed by atoms with Crippen LogP contribution in [-0.4, -0.2) is 22.3 Å². The van der Waals surface area contributed by atoms with Gasteiger partial charge in [-0.1, -0.05) is 28.1 Å². The van der Waals surface area contributed by atoms with Crippen LogP contribution in [0.4, 0.5) is 0 Å². The molecule has 1 saturated heterocycles. The van der Waals surface area contributed by atoms with E-state index in [1.165, 1.54) is 11.1 Å². The van der Waals surface area contributed by atoms with Gasteiger partial charge >= 0.3 is 0 Å². The Morgan fingerprint density at radius 1 is 1.17 bits per heavy atom. The van der Waals surface area contributed by atoms with Crippen molar-refractivity contribution in [2.24, 2.45) is 5.92 Å². The fourth-order valence-electron chi connectivity index (χ4n) is 3.75. The van der Waals surface area contributed by atoms with Crippen molar-refractivity contribution in [2.75, 3.05) is 6.54 Å². The second-order valence-electron chi connectivity index (χ2n) is 6.47. The van der Waals surface area contributed by atoms with Crippen LogP contribution in [0.15, 0.2) is 53.3 Å². The third kappa shape index (κ3) is 2.92. The largest absolute Gasteiger partial charge is 0.335 e. The maximum Gasteiger partial charge on any atom is 0.226 e. The number of likely N-dealkylation sites (tertiary alicyclic amines) is 1. The van der Waals surface area contributed by atoms with E-state index in [1.54, 1.807) is 0 Å². The normalized spacial score (nSPS) is 26.3. The first-order valence-corrected chi connectivity index (χ1v) is 8.99. The molecular formula is C19H19BrN2O. The Kier molecular flexibility index (Phi) is 3.93. The molecule has 4 rings (SSSR count). The number of amides is 1. The summed E-state index contributed by atoms with van der Waals surface area (Å²) in [6.45, 7) is 0.882. The number of hydrogen-bond donors (Lipinski definition) is 0. The summed E-state index contributed by atoms with van der Waals surface area (Å²) in [6, 6.07) is 12.7. The maximum atomic E-state index is 13.0. The molecular weight excluding hydrogens is 352 g/mol. The van der Waals surface area contributed by atoms with E-state index in [2.05, 4.69) is 44.0 Å². The fraction of sp³-hybridized carbons (Fsp3) is 0.368. The molecule has 2 aromatic rings. The van der Waals surface area contributed by atoms with Gasteiger partial charge in [0.1, 0.15) is 0 Å². The van der Waals surface area contributed by atoms with Crippen LogP contribution in [0.1, 0.15) is 42.3 Å². The Bertz CT molecular complexity index is 718. The molecule has 1 aliphatic carbocycles. The summed E-state index contributed by atoms with van der Waals surface area (Å²) < 4.78 is 1.09. The first-order valence-electron chi connectivity index (χ1n) is 8.20. The molecule has 0 bridgehead atoms. The highest BCUT2D eigenvalue weighted by atomic mass is 79.9. The molecule has 2 fully saturated rings. The van der Waals surface area contributed by atoms with Crippen molar-refractivity contribution in [3.05, 3.63) is 64.4 Å². The Hall–Kier alpha value is -1.68. The molecule has 2 aliphatic rings. The van der Waals surface area contributed by atoms with Gasteiger partial charge in [0.25, 0.3) is 0 Å². The molecule has 2 heterocycles. The average molecular weight is 371 g/mol. The van der Waals surface area contributed by atoms with E-state index < -0.39 is 0 Å². The lowest BCUT2D eigenvalue weighted by atomic mass is 10.1. The highest BCUT2D eigenvalue weighted by Crippen LogP contribution is 2.50. The SMILES string of the molecule is O=C([C@@H]1C[C@@H]1c1cccc(Br)c1)N1CCC[C@H]1c1ccncc1. The number of benzene rings is 1. The summed E-state index contributed by atoms with van der Waals surface area (Å²) in [6.07, 6.45) is 6.77. The Morgan fingerprint density at radius 2 is 2.00 bits per heavy atom. The van der Waals surface area contributed by atoms with E-state index in [0.717, 1.165) is 30.3 Å². The predicted molar refractivity (Wildman–Crippen MR) is 92.9 cm³/mol. The van der Waals surface area contributed by atoms with Crippen LogP contribution in [0.5, 0.6) is 0 Å². The minimum Gasteiger partial charge on any atom is -0.335 e. The van der Waals surface area contributed by atoms with Gasteiger partial charge in [-0.05, 0) is 60.6 Å². The molecule has 0 spiro atoms. The number of pyridine rings is 1. The molecule has 1 amide bonds. The predicted octanol–water partition coefficient (Wildman–Crippen LogP) is 4.31. The van der Waals surface area contributed by atoms with Crippen LogP contribution in [-0.2, 0) is 4.79 Å². The number of rotatable bonds is 3. The van der Waals surface area contributed by atoms with Gasteiger partial charge in [0.05, 0.1) is 6.04 Å². The van der Waals surface area contributed by atoms with Gasteiger partial charge in [-0.25, -0.2) is 0 Å². The fourth-order valence-corrected chi connectivity index (χ4v) is 4.17. The van der Waals surface area contributed by atoms with Crippen molar-refractivity contribution < 1.29 is 4.79 Å². The van der Waals surface area contributed by atoms with Gasteiger partial charge in [0.2, 0.25) is 5.91 Å². The van der Waals surface area contributed by atoms with Crippen LogP contribution in [0, 0.1) is 5.92 Å². The van der Waals surface area contributed by atoms with E-state index in [9.17, 15) is 4.79 Å². The number of carbonyl (C=O) groups excluding carboxylic acids is 1. The Labute approximate surface area is 144 Å². The molecule has 0 unspecified atom stereocenters. The Balaban J connectivity index is 1.49. The van der Waals surface area contributed by atoms with Crippen LogP contribution in [0.25, 0.3) is 0 Å². The maximum absolute atomic E-state index is 13.0. The minimum absolute atomic E-state index is 0.159. The van der Waals surface area contributed by atoms with Gasteiger partial charge in [-0.2, -0.15) is 0 Å². The second-order valence-corrected chi connectivity index (χ2v) is 7.39. The summed E-state index contributed by atoms with van der Waals surface area (Å²) in [5.41, 5.74) is 2.49. The Morgan fingerprint density at radius 3 is 2.78 bits per heavy atom. The zero-order chi connectivity index (χ0) is 15.8. The highest BCUT2D eigenvalue weighted by molar-refractivity contribution is 9.10. The zero-order valence-electron chi connectivity index (χ0n) is 12.9. The zero-order valence-corrected chi connectivity index (χ0v) is 14.4. The third-order valence-electron chi connectivity index (χ3n) is 5.01. The lowest BCUT2D eigenvalue weighted by Crippen LogP contribution is -2.32. The topological polar surface area (TPSA) is 33.2 Å². The summed E-state index contributed by atoms with van der Waals surface area (Å²) >= 11 is 3.52. The van der Waals surface area contributed by atoms with E-state index in [0.29, 0.717) is 11.8 Å². The van der Waals surface area contributed by atoms with Crippen molar-refractivity contribution >= 4 is 21.8 Å². The van der Waals surface area contributed by atoms with E-state index in [-0.39, 0.29) is 12.0 Å². The van der Waals surface area contributed by atoms with E-state index >= 15 is 0 Å². The van der Waals surface area contributed by atoms with Gasteiger partial charge in [-0.15, -0.1) is 0 Å². The molecule has 118 valence electrons. The summed E-state index contributed by atoms with van der Waals surface area (Å²) in [5.74, 6) is 0.875. The van der Waals surface area contributed by atoms with Crippen molar-refractivity contribution in [1.29, 1.82) is 0 Å². The quantitative estimate of drug-likeness (QED) is 0.806. The van der Waals surface area contributed by atoms with E-state index in [1.807, 2.05) is 30.6 Å². The van der Waals surface area contributed by atoms with Crippen LogP contribution < -0.4 is 0 Å². The first-order chi connectivity index (χ1) is 11.2. The molecule has 4 heteroatoms. The molecule has 3 atom stereocenters. The molecule has 0 N–H and O–H groups in total. The monoisotopic (exact) mass is 370 g/mol. The average Bonchev–Trinajstić information content (AvgIpc) is 3.23. The van der Waals surface area contributed by atoms with Crippen LogP contribution in [0.3, 0.4) is 0 Å². The van der Waals surface area contributed by atoms with Crippen LogP contribution in [0.2, 0.25) is 0 Å². The van der Waals surface area contributed by atoms with Crippen molar-refractivity contribution in [3.8, 4) is 0 Å². The number of carbonyl (C=O) groups is 1. The summed E-state index contributed by atoms with van der Waals surface area (Å²) in [4.78, 5) is 19.1. The molecule has 3 nitrogen and oxygen atoms in total. The van der Waals surface area contributed by atoms with Gasteiger partial charge in [-0.3, -0.25) is 9.78 Å². The summed E-state index contributed by atoms with van der Waals surface area (Å²) in [7, 11) is 0. The molecule has 1 aliphatic heterocycles. The number of aromatic nitrogens is 1. The van der Waals surface area contributed by atoms with Crippen molar-refractivity contribution in [2.45, 2.75) is 31.2 Å². The summed E-state index contributed by atoms with van der Waals surface area (Å²) in [5, 5.41) is 0. The van der Waals surface area contributed by atoms with Crippen molar-refractivity contribution in [1.82, 2.24) is 9.88 Å². The lowest BCUT2D eigenvalue weighted by Gasteiger charge is -2.25. The molecule has 1 saturated carbocycles. The smallest absolute Gasteiger partial charge is 0.226 e. The van der Waals surface area contributed by atoms with E-state index in [4.69, 9.17) is 0 Å². The second kappa shape index (κ2) is 6.08. The molecule has 0 radical (unpaired) electrons. The van der Waals surface area contributed by atoms with Gasteiger partial charge in [0.15, 0.2) is 0 Å². The van der Waals surface area contributed by atoms with Gasteiger partial charge in [0, 0.05) is 29.3 Å². The van der Waals surface area contributed by atoms with Crippen LogP contribution >= 0.6 is 15.9 Å². The number of hydrogen-bond acceptors (Lipinski definition) is 2. The van der Waals surface area contributed by atoms with Crippen molar-refractivity contribution in [3.63, 3.8) is 0 Å². The standard InChI is InChI=1S/C19H19BrN2O/c20-15-4-1-3-14(11-15)16-12-17(16)19(23)22-10-2-5-18(22)13-6-8-21-9-7-13/h1,3-4,6-9,11,16-18H,2,5,10,12H2/t16-,17-,18+/m1/s1. The third-order valence-corrected chi connectivity index (χ3v) is 5.50. The molecule has 1 aromatic carbocycles. The van der Waals surface area contributed by atoms with Gasteiger partial charge < -0.3 is 4.90 Å². The lowest BCUT2D eigenvalue weighted by molar-refractivity contribution is -0.133. The number of halogens is 1.